The van der Waals surface area contributed by atoms with Crippen LogP contribution in [0.15, 0.2) is 34.6 Å². The molecule has 0 aromatic carbocycles. The number of thiazole rings is 1. The van der Waals surface area contributed by atoms with Gasteiger partial charge >= 0.3 is 5.69 Å². The summed E-state index contributed by atoms with van der Waals surface area (Å²) in [5, 5.41) is 7.30. The van der Waals surface area contributed by atoms with Crippen LogP contribution in [0.5, 0.6) is 0 Å². The van der Waals surface area contributed by atoms with E-state index in [1.54, 1.807) is 21.9 Å². The van der Waals surface area contributed by atoms with Crippen molar-refractivity contribution >= 4 is 17.0 Å². The van der Waals surface area contributed by atoms with Gasteiger partial charge in [-0.15, -0.1) is 16.4 Å². The Morgan fingerprint density at radius 2 is 2.20 bits per heavy atom. The summed E-state index contributed by atoms with van der Waals surface area (Å²) in [6.07, 6.45) is 2.70. The van der Waals surface area contributed by atoms with E-state index in [2.05, 4.69) is 29.3 Å². The van der Waals surface area contributed by atoms with Gasteiger partial charge in [-0.25, -0.2) is 14.5 Å². The van der Waals surface area contributed by atoms with Crippen LogP contribution >= 0.6 is 11.3 Å². The third kappa shape index (κ3) is 2.51. The molecule has 3 aromatic rings. The Hall–Kier alpha value is -1.95. The molecule has 3 heterocycles. The predicted octanol–water partition coefficient (Wildman–Crippen LogP) is 2.20. The van der Waals surface area contributed by atoms with Gasteiger partial charge in [-0.05, 0) is 24.5 Å². The molecule has 0 aliphatic rings. The summed E-state index contributed by atoms with van der Waals surface area (Å²) in [4.78, 5) is 16.7. The van der Waals surface area contributed by atoms with Gasteiger partial charge in [0.2, 0.25) is 0 Å². The highest BCUT2D eigenvalue weighted by atomic mass is 32.1. The molecule has 0 bridgehead atoms. The maximum atomic E-state index is 12.2. The van der Waals surface area contributed by atoms with Gasteiger partial charge in [-0.3, -0.25) is 4.40 Å². The van der Waals surface area contributed by atoms with E-state index in [0.29, 0.717) is 18.1 Å². The number of pyridine rings is 1. The third-order valence-electron chi connectivity index (χ3n) is 2.99. The van der Waals surface area contributed by atoms with Crippen LogP contribution in [0.2, 0.25) is 0 Å². The molecule has 0 fully saturated rings. The van der Waals surface area contributed by atoms with Crippen molar-refractivity contribution in [2.75, 3.05) is 0 Å². The lowest BCUT2D eigenvalue weighted by molar-refractivity contribution is 0.627. The second-order valence-corrected chi connectivity index (χ2v) is 6.14. The Morgan fingerprint density at radius 3 is 2.95 bits per heavy atom. The van der Waals surface area contributed by atoms with Gasteiger partial charge in [0.1, 0.15) is 5.01 Å². The summed E-state index contributed by atoms with van der Waals surface area (Å²) < 4.78 is 3.01. The summed E-state index contributed by atoms with van der Waals surface area (Å²) >= 11 is 1.58. The van der Waals surface area contributed by atoms with E-state index in [4.69, 9.17) is 0 Å². The molecule has 3 rings (SSSR count). The minimum atomic E-state index is -0.124. The van der Waals surface area contributed by atoms with Crippen molar-refractivity contribution < 1.29 is 0 Å². The molecule has 0 saturated carbocycles. The standard InChI is InChI=1S/C14H16N4OS/c1-10(2)7-11-9-20-13(15-11)8-18-14(19)17-6-4-3-5-12(17)16-18/h3-6,9-10H,7-8H2,1-2H3. The zero-order valence-corrected chi connectivity index (χ0v) is 12.3. The van der Waals surface area contributed by atoms with Crippen LogP contribution in [0, 0.1) is 5.92 Å². The number of rotatable bonds is 4. The average Bonchev–Trinajstić information content (AvgIpc) is 2.96. The Kier molecular flexibility index (Phi) is 3.40. The van der Waals surface area contributed by atoms with Crippen molar-refractivity contribution in [1.29, 1.82) is 0 Å². The van der Waals surface area contributed by atoms with Gasteiger partial charge in [-0.2, -0.15) is 0 Å². The smallest absolute Gasteiger partial charge is 0.250 e. The third-order valence-corrected chi connectivity index (χ3v) is 3.87. The van der Waals surface area contributed by atoms with Gasteiger partial charge in [0.05, 0.1) is 12.2 Å². The first-order chi connectivity index (χ1) is 9.63. The lowest BCUT2D eigenvalue weighted by atomic mass is 10.1. The zero-order chi connectivity index (χ0) is 14.1. The summed E-state index contributed by atoms with van der Waals surface area (Å²) in [7, 11) is 0. The highest BCUT2D eigenvalue weighted by Gasteiger charge is 2.09. The number of nitrogens with zero attached hydrogens (tertiary/aromatic N) is 4. The van der Waals surface area contributed by atoms with Crippen molar-refractivity contribution in [1.82, 2.24) is 19.2 Å². The second-order valence-electron chi connectivity index (χ2n) is 5.20. The molecular weight excluding hydrogens is 272 g/mol. The summed E-state index contributed by atoms with van der Waals surface area (Å²) in [6, 6.07) is 5.52. The van der Waals surface area contributed by atoms with Crippen LogP contribution in [0.4, 0.5) is 0 Å². The van der Waals surface area contributed by atoms with Gasteiger partial charge < -0.3 is 0 Å². The van der Waals surface area contributed by atoms with Crippen molar-refractivity contribution in [3.05, 3.63) is 51.0 Å². The van der Waals surface area contributed by atoms with Crippen LogP contribution in [-0.2, 0) is 13.0 Å². The van der Waals surface area contributed by atoms with Crippen molar-refractivity contribution in [2.45, 2.75) is 26.8 Å². The fourth-order valence-electron chi connectivity index (χ4n) is 2.13. The van der Waals surface area contributed by atoms with Gasteiger partial charge in [-0.1, -0.05) is 19.9 Å². The first-order valence-electron chi connectivity index (χ1n) is 6.61. The van der Waals surface area contributed by atoms with E-state index in [-0.39, 0.29) is 5.69 Å². The monoisotopic (exact) mass is 288 g/mol. The molecule has 0 aliphatic carbocycles. The highest BCUT2D eigenvalue weighted by Crippen LogP contribution is 2.14. The fraction of sp³-hybridized carbons (Fsp3) is 0.357. The van der Waals surface area contributed by atoms with Gasteiger partial charge in [0, 0.05) is 11.6 Å². The second kappa shape index (κ2) is 5.20. The predicted molar refractivity (Wildman–Crippen MR) is 79.2 cm³/mol. The maximum Gasteiger partial charge on any atom is 0.350 e. The quantitative estimate of drug-likeness (QED) is 0.739. The molecule has 0 radical (unpaired) electrons. The Labute approximate surface area is 120 Å². The molecule has 20 heavy (non-hydrogen) atoms. The highest BCUT2D eigenvalue weighted by molar-refractivity contribution is 7.09. The van der Waals surface area contributed by atoms with E-state index in [0.717, 1.165) is 17.1 Å². The van der Waals surface area contributed by atoms with E-state index in [9.17, 15) is 4.79 Å². The van der Waals surface area contributed by atoms with E-state index in [1.165, 1.54) is 4.68 Å². The topological polar surface area (TPSA) is 52.2 Å². The van der Waals surface area contributed by atoms with Crippen molar-refractivity contribution in [3.63, 3.8) is 0 Å². The van der Waals surface area contributed by atoms with Crippen LogP contribution in [-0.4, -0.2) is 19.2 Å². The van der Waals surface area contributed by atoms with Gasteiger partial charge in [0.25, 0.3) is 0 Å². The van der Waals surface area contributed by atoms with E-state index < -0.39 is 0 Å². The van der Waals surface area contributed by atoms with Gasteiger partial charge in [0.15, 0.2) is 5.65 Å². The summed E-state index contributed by atoms with van der Waals surface area (Å²) in [5.41, 5.74) is 1.63. The number of fused-ring (bicyclic) bond motifs is 1. The molecule has 0 aliphatic heterocycles. The first-order valence-corrected chi connectivity index (χ1v) is 7.49. The lowest BCUT2D eigenvalue weighted by Gasteiger charge is -1.99. The SMILES string of the molecule is CC(C)Cc1csc(Cn2nc3ccccn3c2=O)n1. The summed E-state index contributed by atoms with van der Waals surface area (Å²) in [6.45, 7) is 4.78. The number of aromatic nitrogens is 4. The van der Waals surface area contributed by atoms with Crippen LogP contribution in [0.3, 0.4) is 0 Å². The number of hydrogen-bond acceptors (Lipinski definition) is 4. The average molecular weight is 288 g/mol. The Bertz CT molecular complexity index is 784. The summed E-state index contributed by atoms with van der Waals surface area (Å²) in [5.74, 6) is 0.586. The zero-order valence-electron chi connectivity index (χ0n) is 11.5. The van der Waals surface area contributed by atoms with Crippen LogP contribution < -0.4 is 5.69 Å². The Morgan fingerprint density at radius 1 is 1.35 bits per heavy atom. The largest absolute Gasteiger partial charge is 0.350 e. The molecule has 3 aromatic heterocycles. The first kappa shape index (κ1) is 13.1. The Balaban J connectivity index is 1.87. The van der Waals surface area contributed by atoms with E-state index in [1.807, 2.05) is 18.2 Å². The molecule has 0 unspecified atom stereocenters. The lowest BCUT2D eigenvalue weighted by Crippen LogP contribution is -2.21. The molecule has 0 saturated heterocycles. The number of hydrogen-bond donors (Lipinski definition) is 0. The van der Waals surface area contributed by atoms with Crippen molar-refractivity contribution in [2.24, 2.45) is 5.92 Å². The van der Waals surface area contributed by atoms with Crippen LogP contribution in [0.25, 0.3) is 5.65 Å². The molecule has 104 valence electrons. The molecule has 0 spiro atoms. The molecule has 5 nitrogen and oxygen atoms in total. The molecular formula is C14H16N4OS. The minimum Gasteiger partial charge on any atom is -0.250 e. The minimum absolute atomic E-state index is 0.124. The molecule has 6 heteroatoms. The molecule has 0 atom stereocenters. The van der Waals surface area contributed by atoms with E-state index >= 15 is 0 Å². The fourth-order valence-corrected chi connectivity index (χ4v) is 2.92. The molecule has 0 N–H and O–H groups in total. The maximum absolute atomic E-state index is 12.2. The van der Waals surface area contributed by atoms with Crippen molar-refractivity contribution in [3.8, 4) is 0 Å². The van der Waals surface area contributed by atoms with Crippen LogP contribution in [0.1, 0.15) is 24.5 Å². The molecule has 0 amide bonds. The normalized spacial score (nSPS) is 11.6.